The molecule has 0 aliphatic carbocycles. The molecular formula is C13H11N3. The highest BCUT2D eigenvalue weighted by Gasteiger charge is 2.03. The molecule has 3 nitrogen and oxygen atoms in total. The Morgan fingerprint density at radius 3 is 2.81 bits per heavy atom. The van der Waals surface area contributed by atoms with E-state index in [2.05, 4.69) is 20.4 Å². The van der Waals surface area contributed by atoms with Crippen LogP contribution in [0.5, 0.6) is 0 Å². The Hall–Kier alpha value is -2.16. The average molecular weight is 209 g/mol. The van der Waals surface area contributed by atoms with E-state index in [1.165, 1.54) is 0 Å². The zero-order valence-electron chi connectivity index (χ0n) is 8.74. The predicted octanol–water partition coefficient (Wildman–Crippen LogP) is 2.32. The van der Waals surface area contributed by atoms with Gasteiger partial charge in [-0.3, -0.25) is 4.98 Å². The molecular weight excluding hydrogens is 198 g/mol. The highest BCUT2D eigenvalue weighted by Crippen LogP contribution is 2.09. The third-order valence-corrected chi connectivity index (χ3v) is 2.58. The Balaban J connectivity index is 2.01. The van der Waals surface area contributed by atoms with E-state index >= 15 is 0 Å². The fourth-order valence-corrected chi connectivity index (χ4v) is 1.79. The van der Waals surface area contributed by atoms with Gasteiger partial charge in [0.25, 0.3) is 0 Å². The first-order chi connectivity index (χ1) is 7.93. The third kappa shape index (κ3) is 1.56. The van der Waals surface area contributed by atoms with Crippen molar-refractivity contribution >= 4 is 5.52 Å². The van der Waals surface area contributed by atoms with Crippen LogP contribution in [0.1, 0.15) is 11.5 Å². The van der Waals surface area contributed by atoms with E-state index in [1.54, 1.807) is 0 Å². The minimum Gasteiger partial charge on any atom is -0.303 e. The number of hydrogen-bond donors (Lipinski definition) is 0. The summed E-state index contributed by atoms with van der Waals surface area (Å²) >= 11 is 0. The van der Waals surface area contributed by atoms with E-state index in [-0.39, 0.29) is 0 Å². The molecule has 0 aliphatic heterocycles. The summed E-state index contributed by atoms with van der Waals surface area (Å²) in [7, 11) is 0. The normalized spacial score (nSPS) is 10.8. The van der Waals surface area contributed by atoms with E-state index in [1.807, 2.05) is 48.9 Å². The summed E-state index contributed by atoms with van der Waals surface area (Å²) in [5, 5.41) is 0. The first-order valence-electron chi connectivity index (χ1n) is 5.24. The Kier molecular flexibility index (Phi) is 2.14. The highest BCUT2D eigenvalue weighted by atomic mass is 15.0. The molecule has 0 bridgehead atoms. The molecule has 0 aliphatic rings. The summed E-state index contributed by atoms with van der Waals surface area (Å²) < 4.78 is 2.09. The summed E-state index contributed by atoms with van der Waals surface area (Å²) in [4.78, 5) is 8.72. The van der Waals surface area contributed by atoms with Gasteiger partial charge < -0.3 is 4.40 Å². The van der Waals surface area contributed by atoms with Gasteiger partial charge in [-0.2, -0.15) is 0 Å². The van der Waals surface area contributed by atoms with Crippen molar-refractivity contribution in [1.29, 1.82) is 0 Å². The van der Waals surface area contributed by atoms with Gasteiger partial charge in [-0.15, -0.1) is 0 Å². The van der Waals surface area contributed by atoms with Crippen molar-refractivity contribution in [1.82, 2.24) is 14.4 Å². The summed E-state index contributed by atoms with van der Waals surface area (Å²) in [5.41, 5.74) is 2.16. The fourth-order valence-electron chi connectivity index (χ4n) is 1.79. The van der Waals surface area contributed by atoms with Gasteiger partial charge in [0.2, 0.25) is 0 Å². The molecule has 0 radical (unpaired) electrons. The van der Waals surface area contributed by atoms with Gasteiger partial charge in [-0.25, -0.2) is 4.98 Å². The molecule has 16 heavy (non-hydrogen) atoms. The Labute approximate surface area is 93.4 Å². The molecule has 0 atom stereocenters. The Bertz CT molecular complexity index is 599. The molecule has 3 rings (SSSR count). The van der Waals surface area contributed by atoms with Crippen LogP contribution in [0.2, 0.25) is 0 Å². The molecule has 0 saturated heterocycles. The Morgan fingerprint density at radius 2 is 1.94 bits per heavy atom. The number of fused-ring (bicyclic) bond motifs is 1. The zero-order valence-corrected chi connectivity index (χ0v) is 8.74. The largest absolute Gasteiger partial charge is 0.303 e. The lowest BCUT2D eigenvalue weighted by Gasteiger charge is -2.00. The smallest absolute Gasteiger partial charge is 0.119 e. The first kappa shape index (κ1) is 9.09. The van der Waals surface area contributed by atoms with Crippen LogP contribution in [0.15, 0.2) is 55.0 Å². The van der Waals surface area contributed by atoms with E-state index in [9.17, 15) is 0 Å². The van der Waals surface area contributed by atoms with Gasteiger partial charge in [0.1, 0.15) is 5.82 Å². The van der Waals surface area contributed by atoms with Crippen molar-refractivity contribution in [3.05, 3.63) is 66.5 Å². The molecule has 3 heteroatoms. The van der Waals surface area contributed by atoms with E-state index in [0.717, 1.165) is 23.5 Å². The summed E-state index contributed by atoms with van der Waals surface area (Å²) in [5.74, 6) is 1.02. The molecule has 0 unspecified atom stereocenters. The van der Waals surface area contributed by atoms with E-state index < -0.39 is 0 Å². The number of aromatic nitrogens is 3. The first-order valence-corrected chi connectivity index (χ1v) is 5.24. The second kappa shape index (κ2) is 3.77. The van der Waals surface area contributed by atoms with Crippen LogP contribution < -0.4 is 0 Å². The molecule has 78 valence electrons. The maximum Gasteiger partial charge on any atom is 0.119 e. The minimum atomic E-state index is 0.763. The van der Waals surface area contributed by atoms with E-state index in [0.29, 0.717) is 0 Å². The van der Waals surface area contributed by atoms with Gasteiger partial charge >= 0.3 is 0 Å². The Morgan fingerprint density at radius 1 is 1.00 bits per heavy atom. The maximum absolute atomic E-state index is 4.41. The monoisotopic (exact) mass is 209 g/mol. The van der Waals surface area contributed by atoms with Gasteiger partial charge in [0, 0.05) is 24.5 Å². The van der Waals surface area contributed by atoms with Crippen LogP contribution >= 0.6 is 0 Å². The lowest BCUT2D eigenvalue weighted by molar-refractivity contribution is 0.930. The molecule has 0 amide bonds. The molecule has 0 saturated carbocycles. The van der Waals surface area contributed by atoms with Crippen molar-refractivity contribution in [2.75, 3.05) is 0 Å². The van der Waals surface area contributed by atoms with Crippen LogP contribution in [0.4, 0.5) is 0 Å². The minimum absolute atomic E-state index is 0.763. The summed E-state index contributed by atoms with van der Waals surface area (Å²) in [6.07, 6.45) is 6.49. The van der Waals surface area contributed by atoms with Crippen molar-refractivity contribution in [3.63, 3.8) is 0 Å². The molecule has 0 spiro atoms. The van der Waals surface area contributed by atoms with Gasteiger partial charge in [-0.1, -0.05) is 12.1 Å². The zero-order chi connectivity index (χ0) is 10.8. The number of imidazole rings is 1. The van der Waals surface area contributed by atoms with Crippen LogP contribution in [0.3, 0.4) is 0 Å². The topological polar surface area (TPSA) is 30.2 Å². The van der Waals surface area contributed by atoms with Crippen molar-refractivity contribution in [3.8, 4) is 0 Å². The number of pyridine rings is 2. The van der Waals surface area contributed by atoms with Crippen molar-refractivity contribution in [2.45, 2.75) is 6.42 Å². The lowest BCUT2D eigenvalue weighted by atomic mass is 10.2. The summed E-state index contributed by atoms with van der Waals surface area (Å²) in [6, 6.07) is 12.0. The quantitative estimate of drug-likeness (QED) is 0.648. The number of nitrogens with zero attached hydrogens (tertiary/aromatic N) is 3. The summed E-state index contributed by atoms with van der Waals surface area (Å²) in [6.45, 7) is 0. The fraction of sp³-hybridized carbons (Fsp3) is 0.0769. The highest BCUT2D eigenvalue weighted by molar-refractivity contribution is 5.45. The van der Waals surface area contributed by atoms with Crippen LogP contribution in [0.25, 0.3) is 5.52 Å². The van der Waals surface area contributed by atoms with Gasteiger partial charge in [-0.05, 0) is 24.3 Å². The molecule has 3 heterocycles. The average Bonchev–Trinajstić information content (AvgIpc) is 2.74. The molecule has 0 fully saturated rings. The number of hydrogen-bond acceptors (Lipinski definition) is 2. The standard InChI is InChI=1S/C13H11N3/c1-3-7-14-11(5-1)9-13-15-10-12-6-2-4-8-16(12)13/h1-8,10H,9H2. The van der Waals surface area contributed by atoms with Crippen LogP contribution in [0, 0.1) is 0 Å². The van der Waals surface area contributed by atoms with Crippen molar-refractivity contribution in [2.24, 2.45) is 0 Å². The van der Waals surface area contributed by atoms with Crippen molar-refractivity contribution < 1.29 is 0 Å². The molecule has 0 aromatic carbocycles. The SMILES string of the molecule is c1ccc(Cc2ncc3ccccn23)nc1. The van der Waals surface area contributed by atoms with Crippen LogP contribution in [-0.2, 0) is 6.42 Å². The number of rotatable bonds is 2. The lowest BCUT2D eigenvalue weighted by Crippen LogP contribution is -1.97. The predicted molar refractivity (Wildman–Crippen MR) is 62.2 cm³/mol. The maximum atomic E-state index is 4.41. The molecule has 3 aromatic heterocycles. The second-order valence-electron chi connectivity index (χ2n) is 3.67. The molecule has 3 aromatic rings. The van der Waals surface area contributed by atoms with E-state index in [4.69, 9.17) is 0 Å². The third-order valence-electron chi connectivity index (χ3n) is 2.58. The van der Waals surface area contributed by atoms with Gasteiger partial charge in [0.15, 0.2) is 0 Å². The van der Waals surface area contributed by atoms with Gasteiger partial charge in [0.05, 0.1) is 11.7 Å². The van der Waals surface area contributed by atoms with Crippen LogP contribution in [-0.4, -0.2) is 14.4 Å². The molecule has 0 N–H and O–H groups in total. The second-order valence-corrected chi connectivity index (χ2v) is 3.67.